The topological polar surface area (TPSA) is 93.0 Å². The van der Waals surface area contributed by atoms with E-state index in [1.54, 1.807) is 13.0 Å². The van der Waals surface area contributed by atoms with Gasteiger partial charge in [0, 0.05) is 32.3 Å². The van der Waals surface area contributed by atoms with E-state index in [1.807, 2.05) is 24.3 Å². The number of amides is 2. The lowest BCUT2D eigenvalue weighted by Crippen LogP contribution is -2.38. The molecule has 8 heteroatoms. The number of hydrogen-bond donors (Lipinski definition) is 2. The van der Waals surface area contributed by atoms with Gasteiger partial charge in [0.1, 0.15) is 18.1 Å². The van der Waals surface area contributed by atoms with Gasteiger partial charge in [0.05, 0.1) is 18.4 Å². The Kier molecular flexibility index (Phi) is 8.49. The SMILES string of the molecule is Cc1occc1C(=O)NCC(=O)NCc1cccc(OCCN(C)C2CCOCC2)c1. The fourth-order valence-electron chi connectivity index (χ4n) is 3.50. The molecular weight excluding hydrogens is 398 g/mol. The number of aryl methyl sites for hydroxylation is 1. The van der Waals surface area contributed by atoms with Crippen LogP contribution in [0.1, 0.15) is 34.5 Å². The van der Waals surface area contributed by atoms with Crippen molar-refractivity contribution in [3.05, 3.63) is 53.5 Å². The van der Waals surface area contributed by atoms with Crippen molar-refractivity contribution in [2.45, 2.75) is 32.4 Å². The molecule has 2 amide bonds. The summed E-state index contributed by atoms with van der Waals surface area (Å²) in [6.07, 6.45) is 3.57. The van der Waals surface area contributed by atoms with Crippen molar-refractivity contribution in [1.29, 1.82) is 0 Å². The second-order valence-electron chi connectivity index (χ2n) is 7.67. The Morgan fingerprint density at radius 2 is 2.00 bits per heavy atom. The van der Waals surface area contributed by atoms with Gasteiger partial charge in [-0.3, -0.25) is 14.5 Å². The molecule has 31 heavy (non-hydrogen) atoms. The van der Waals surface area contributed by atoms with Crippen LogP contribution in [-0.4, -0.2) is 62.7 Å². The summed E-state index contributed by atoms with van der Waals surface area (Å²) >= 11 is 0. The summed E-state index contributed by atoms with van der Waals surface area (Å²) in [5, 5.41) is 5.40. The summed E-state index contributed by atoms with van der Waals surface area (Å²) in [5.74, 6) is 0.700. The monoisotopic (exact) mass is 429 g/mol. The molecule has 0 bridgehead atoms. The lowest BCUT2D eigenvalue weighted by Gasteiger charge is -2.31. The molecule has 0 aliphatic carbocycles. The van der Waals surface area contributed by atoms with E-state index in [0.717, 1.165) is 43.9 Å². The molecule has 0 saturated carbocycles. The molecule has 0 atom stereocenters. The van der Waals surface area contributed by atoms with Gasteiger partial charge in [-0.05, 0) is 50.6 Å². The normalized spacial score (nSPS) is 14.4. The van der Waals surface area contributed by atoms with Gasteiger partial charge >= 0.3 is 0 Å². The van der Waals surface area contributed by atoms with Crippen molar-refractivity contribution in [2.24, 2.45) is 0 Å². The second-order valence-corrected chi connectivity index (χ2v) is 7.67. The van der Waals surface area contributed by atoms with Crippen LogP contribution in [0.4, 0.5) is 0 Å². The van der Waals surface area contributed by atoms with Gasteiger partial charge in [-0.25, -0.2) is 0 Å². The number of ether oxygens (including phenoxy) is 2. The lowest BCUT2D eigenvalue weighted by atomic mass is 10.1. The van der Waals surface area contributed by atoms with Crippen LogP contribution >= 0.6 is 0 Å². The molecule has 2 N–H and O–H groups in total. The highest BCUT2D eigenvalue weighted by Crippen LogP contribution is 2.15. The highest BCUT2D eigenvalue weighted by atomic mass is 16.5. The van der Waals surface area contributed by atoms with E-state index in [-0.39, 0.29) is 18.4 Å². The van der Waals surface area contributed by atoms with Crippen LogP contribution < -0.4 is 15.4 Å². The van der Waals surface area contributed by atoms with Gasteiger partial charge in [-0.15, -0.1) is 0 Å². The Morgan fingerprint density at radius 1 is 1.19 bits per heavy atom. The lowest BCUT2D eigenvalue weighted by molar-refractivity contribution is -0.120. The predicted octanol–water partition coefficient (Wildman–Crippen LogP) is 2.12. The fourth-order valence-corrected chi connectivity index (χ4v) is 3.50. The van der Waals surface area contributed by atoms with E-state index >= 15 is 0 Å². The van der Waals surface area contributed by atoms with E-state index in [9.17, 15) is 9.59 Å². The summed E-state index contributed by atoms with van der Waals surface area (Å²) in [4.78, 5) is 26.4. The first-order chi connectivity index (χ1) is 15.0. The fraction of sp³-hybridized carbons (Fsp3) is 0.478. The van der Waals surface area contributed by atoms with Crippen molar-refractivity contribution in [3.8, 4) is 5.75 Å². The quantitative estimate of drug-likeness (QED) is 0.601. The van der Waals surface area contributed by atoms with E-state index in [0.29, 0.717) is 30.5 Å². The Hall–Kier alpha value is -2.84. The van der Waals surface area contributed by atoms with E-state index < -0.39 is 0 Å². The number of carbonyl (C=O) groups is 2. The first-order valence-electron chi connectivity index (χ1n) is 10.6. The van der Waals surface area contributed by atoms with Crippen LogP contribution in [0, 0.1) is 6.92 Å². The van der Waals surface area contributed by atoms with Crippen molar-refractivity contribution < 1.29 is 23.5 Å². The smallest absolute Gasteiger partial charge is 0.255 e. The van der Waals surface area contributed by atoms with Crippen LogP contribution in [0.2, 0.25) is 0 Å². The van der Waals surface area contributed by atoms with Crippen LogP contribution in [0.5, 0.6) is 5.75 Å². The Bertz CT molecular complexity index is 860. The van der Waals surface area contributed by atoms with E-state index in [2.05, 4.69) is 22.6 Å². The molecule has 1 fully saturated rings. The molecular formula is C23H31N3O5. The maximum Gasteiger partial charge on any atom is 0.255 e. The standard InChI is InChI=1S/C23H31N3O5/c1-17-21(8-12-30-17)23(28)25-16-22(27)24-15-18-4-3-5-20(14-18)31-13-9-26(2)19-6-10-29-11-7-19/h3-5,8,12,14,19H,6-7,9-11,13,15-16H2,1-2H3,(H,24,27)(H,25,28). The molecule has 2 heterocycles. The first-order valence-corrected chi connectivity index (χ1v) is 10.6. The highest BCUT2D eigenvalue weighted by molar-refractivity contribution is 5.97. The molecule has 1 saturated heterocycles. The highest BCUT2D eigenvalue weighted by Gasteiger charge is 2.18. The minimum absolute atomic E-state index is 0.0990. The third-order valence-corrected chi connectivity index (χ3v) is 5.43. The average Bonchev–Trinajstić information content (AvgIpc) is 3.23. The zero-order valence-corrected chi connectivity index (χ0v) is 18.2. The number of carbonyl (C=O) groups excluding carboxylic acids is 2. The Morgan fingerprint density at radius 3 is 2.74 bits per heavy atom. The van der Waals surface area contributed by atoms with Gasteiger partial charge in [-0.1, -0.05) is 12.1 Å². The Labute approximate surface area is 182 Å². The third-order valence-electron chi connectivity index (χ3n) is 5.43. The van der Waals surface area contributed by atoms with Gasteiger partial charge in [0.15, 0.2) is 0 Å². The van der Waals surface area contributed by atoms with Crippen molar-refractivity contribution in [2.75, 3.05) is 40.0 Å². The molecule has 0 spiro atoms. The number of benzene rings is 1. The van der Waals surface area contributed by atoms with Crippen LogP contribution in [-0.2, 0) is 16.1 Å². The molecule has 1 aliphatic rings. The van der Waals surface area contributed by atoms with Gasteiger partial charge in [0.2, 0.25) is 5.91 Å². The van der Waals surface area contributed by atoms with E-state index in [1.165, 1.54) is 6.26 Å². The van der Waals surface area contributed by atoms with Gasteiger partial charge in [-0.2, -0.15) is 0 Å². The van der Waals surface area contributed by atoms with Gasteiger partial charge < -0.3 is 24.5 Å². The number of furan rings is 1. The molecule has 1 aromatic heterocycles. The average molecular weight is 430 g/mol. The number of nitrogens with one attached hydrogen (secondary N) is 2. The second kappa shape index (κ2) is 11.5. The summed E-state index contributed by atoms with van der Waals surface area (Å²) in [5.41, 5.74) is 1.36. The molecule has 1 aliphatic heterocycles. The summed E-state index contributed by atoms with van der Waals surface area (Å²) in [6.45, 7) is 5.07. The number of nitrogens with zero attached hydrogens (tertiary/aromatic N) is 1. The molecule has 3 rings (SSSR count). The number of hydrogen-bond acceptors (Lipinski definition) is 6. The third kappa shape index (κ3) is 7.11. The molecule has 8 nitrogen and oxygen atoms in total. The molecule has 168 valence electrons. The van der Waals surface area contributed by atoms with Crippen molar-refractivity contribution in [1.82, 2.24) is 15.5 Å². The zero-order valence-electron chi connectivity index (χ0n) is 18.2. The predicted molar refractivity (Wildman–Crippen MR) is 116 cm³/mol. The maximum absolute atomic E-state index is 12.1. The number of rotatable bonds is 10. The molecule has 1 aromatic carbocycles. The minimum Gasteiger partial charge on any atom is -0.492 e. The molecule has 0 unspecified atom stereocenters. The summed E-state index contributed by atoms with van der Waals surface area (Å²) in [7, 11) is 2.12. The zero-order chi connectivity index (χ0) is 22.1. The largest absolute Gasteiger partial charge is 0.492 e. The first kappa shape index (κ1) is 22.8. The maximum atomic E-state index is 12.1. The Balaban J connectivity index is 1.37. The van der Waals surface area contributed by atoms with Crippen LogP contribution in [0.15, 0.2) is 41.0 Å². The summed E-state index contributed by atoms with van der Waals surface area (Å²) < 4.78 is 16.4. The van der Waals surface area contributed by atoms with Gasteiger partial charge in [0.25, 0.3) is 5.91 Å². The molecule has 2 aromatic rings. The number of likely N-dealkylation sites (N-methyl/N-ethyl adjacent to an activating group) is 1. The van der Waals surface area contributed by atoms with Crippen LogP contribution in [0.25, 0.3) is 0 Å². The minimum atomic E-state index is -0.331. The molecule has 0 radical (unpaired) electrons. The van der Waals surface area contributed by atoms with E-state index in [4.69, 9.17) is 13.9 Å². The van der Waals surface area contributed by atoms with Crippen molar-refractivity contribution in [3.63, 3.8) is 0 Å². The summed E-state index contributed by atoms with van der Waals surface area (Å²) in [6, 6.07) is 9.79. The van der Waals surface area contributed by atoms with Crippen LogP contribution in [0.3, 0.4) is 0 Å². The van der Waals surface area contributed by atoms with Crippen molar-refractivity contribution >= 4 is 11.8 Å².